The normalized spacial score (nSPS) is 13.1. The highest BCUT2D eigenvalue weighted by Crippen LogP contribution is 1.87. The number of nitrogens with zero attached hydrogens (tertiary/aromatic N) is 1. The fourth-order valence-electron chi connectivity index (χ4n) is 0.653. The molecule has 1 unspecified atom stereocenters. The third-order valence-corrected chi connectivity index (χ3v) is 0.994. The van der Waals surface area contributed by atoms with Crippen molar-refractivity contribution in [2.45, 2.75) is 6.10 Å². The minimum Gasteiger partial charge on any atom is -0.447 e. The Morgan fingerprint density at radius 1 is 1.73 bits per heavy atom. The van der Waals surface area contributed by atoms with Gasteiger partial charge in [0.25, 0.3) is 0 Å². The molecular weight excluding hydrogens is 148 g/mol. The summed E-state index contributed by atoms with van der Waals surface area (Å²) >= 11 is 0. The second kappa shape index (κ2) is 4.92. The van der Waals surface area contributed by atoms with Crippen molar-refractivity contribution in [2.24, 2.45) is 5.73 Å². The molecule has 0 bridgehead atoms. The second-order valence-corrected chi connectivity index (χ2v) is 2.55. The molecule has 0 saturated heterocycles. The van der Waals surface area contributed by atoms with Crippen molar-refractivity contribution in [1.29, 1.82) is 0 Å². The van der Waals surface area contributed by atoms with Gasteiger partial charge in [0.05, 0.1) is 0 Å². The van der Waals surface area contributed by atoms with Crippen LogP contribution >= 0.6 is 0 Å². The predicted molar refractivity (Wildman–Crippen MR) is 40.1 cm³/mol. The van der Waals surface area contributed by atoms with Crippen LogP contribution in [-0.2, 0) is 4.74 Å². The van der Waals surface area contributed by atoms with Gasteiger partial charge in [-0.05, 0) is 14.1 Å². The summed E-state index contributed by atoms with van der Waals surface area (Å²) in [6.45, 7) is 0.404. The molecule has 0 aromatic carbocycles. The zero-order chi connectivity index (χ0) is 8.85. The van der Waals surface area contributed by atoms with E-state index >= 15 is 0 Å². The van der Waals surface area contributed by atoms with E-state index in [0.29, 0.717) is 6.54 Å². The molecule has 1 atom stereocenters. The van der Waals surface area contributed by atoms with Gasteiger partial charge in [-0.15, -0.1) is 0 Å². The van der Waals surface area contributed by atoms with Gasteiger partial charge in [0, 0.05) is 6.54 Å². The van der Waals surface area contributed by atoms with Crippen molar-refractivity contribution in [3.05, 3.63) is 0 Å². The Morgan fingerprint density at radius 2 is 2.27 bits per heavy atom. The van der Waals surface area contributed by atoms with Crippen LogP contribution in [0.15, 0.2) is 0 Å². The van der Waals surface area contributed by atoms with Crippen molar-refractivity contribution >= 4 is 6.09 Å². The molecular formula is C6H14N2O3. The second-order valence-electron chi connectivity index (χ2n) is 2.55. The number of likely N-dealkylation sites (N-methyl/N-ethyl adjacent to an activating group) is 1. The molecule has 0 heterocycles. The topological polar surface area (TPSA) is 75.8 Å². The molecule has 5 heteroatoms. The van der Waals surface area contributed by atoms with Gasteiger partial charge >= 0.3 is 6.09 Å². The van der Waals surface area contributed by atoms with Gasteiger partial charge in [0.15, 0.2) is 0 Å². The van der Waals surface area contributed by atoms with E-state index in [4.69, 9.17) is 5.11 Å². The van der Waals surface area contributed by atoms with E-state index in [9.17, 15) is 4.79 Å². The monoisotopic (exact) mass is 162 g/mol. The standard InChI is InChI=1S/C6H14N2O3/c1-8(2)3-5(9)4-11-6(7)10/h5,9H,3-4H2,1-2H3,(H2,7,10). The molecule has 0 radical (unpaired) electrons. The van der Waals surface area contributed by atoms with Crippen LogP contribution in [0.5, 0.6) is 0 Å². The van der Waals surface area contributed by atoms with Crippen molar-refractivity contribution < 1.29 is 14.6 Å². The van der Waals surface area contributed by atoms with Crippen LogP contribution in [0, 0.1) is 0 Å². The maximum atomic E-state index is 10.1. The summed E-state index contributed by atoms with van der Waals surface area (Å²) in [5, 5.41) is 9.09. The van der Waals surface area contributed by atoms with E-state index in [0.717, 1.165) is 0 Å². The van der Waals surface area contributed by atoms with Crippen molar-refractivity contribution in [1.82, 2.24) is 4.90 Å². The lowest BCUT2D eigenvalue weighted by Gasteiger charge is -2.14. The van der Waals surface area contributed by atoms with Crippen LogP contribution in [0.4, 0.5) is 4.79 Å². The first-order valence-corrected chi connectivity index (χ1v) is 3.27. The number of aliphatic hydroxyl groups excluding tert-OH is 1. The Kier molecular flexibility index (Phi) is 4.56. The Balaban J connectivity index is 3.37. The molecule has 66 valence electrons. The van der Waals surface area contributed by atoms with E-state index in [1.54, 1.807) is 4.90 Å². The van der Waals surface area contributed by atoms with Gasteiger partial charge in [0.1, 0.15) is 12.7 Å². The summed E-state index contributed by atoms with van der Waals surface area (Å²) in [4.78, 5) is 11.9. The molecule has 0 aromatic rings. The molecule has 11 heavy (non-hydrogen) atoms. The highest BCUT2D eigenvalue weighted by molar-refractivity contribution is 5.64. The molecule has 1 amide bonds. The zero-order valence-electron chi connectivity index (χ0n) is 6.78. The van der Waals surface area contributed by atoms with Crippen molar-refractivity contribution in [3.8, 4) is 0 Å². The van der Waals surface area contributed by atoms with Crippen LogP contribution in [-0.4, -0.2) is 49.5 Å². The van der Waals surface area contributed by atoms with E-state index in [-0.39, 0.29) is 6.61 Å². The maximum absolute atomic E-state index is 10.1. The van der Waals surface area contributed by atoms with Gasteiger partial charge in [-0.1, -0.05) is 0 Å². The first kappa shape index (κ1) is 10.2. The third kappa shape index (κ3) is 7.08. The predicted octanol–water partition coefficient (Wildman–Crippen LogP) is -0.996. The summed E-state index contributed by atoms with van der Waals surface area (Å²) in [6, 6.07) is 0. The minimum absolute atomic E-state index is 0.0481. The first-order chi connectivity index (χ1) is 5.02. The molecule has 0 fully saturated rings. The number of carbonyl (C=O) groups excluding carboxylic acids is 1. The summed E-state index contributed by atoms with van der Waals surface area (Å²) in [5.74, 6) is 0. The largest absolute Gasteiger partial charge is 0.447 e. The Bertz CT molecular complexity index is 127. The molecule has 0 aromatic heterocycles. The number of rotatable bonds is 4. The summed E-state index contributed by atoms with van der Waals surface area (Å²) in [5.41, 5.74) is 4.69. The van der Waals surface area contributed by atoms with E-state index in [1.165, 1.54) is 0 Å². The number of ether oxygens (including phenoxy) is 1. The van der Waals surface area contributed by atoms with Crippen LogP contribution in [0.1, 0.15) is 0 Å². The van der Waals surface area contributed by atoms with Crippen LogP contribution in [0.25, 0.3) is 0 Å². The molecule has 0 aliphatic heterocycles. The maximum Gasteiger partial charge on any atom is 0.404 e. The smallest absolute Gasteiger partial charge is 0.404 e. The molecule has 0 aliphatic carbocycles. The molecule has 0 rings (SSSR count). The summed E-state index contributed by atoms with van der Waals surface area (Å²) < 4.78 is 4.37. The minimum atomic E-state index is -0.859. The number of hydrogen-bond acceptors (Lipinski definition) is 4. The summed E-state index contributed by atoms with van der Waals surface area (Å²) in [6.07, 6.45) is -1.53. The molecule has 3 N–H and O–H groups in total. The number of carbonyl (C=O) groups is 1. The van der Waals surface area contributed by atoms with E-state index < -0.39 is 12.2 Å². The number of aliphatic hydroxyl groups is 1. The molecule has 0 spiro atoms. The lowest BCUT2D eigenvalue weighted by molar-refractivity contribution is 0.0570. The number of amides is 1. The van der Waals surface area contributed by atoms with Gasteiger partial charge in [0.2, 0.25) is 0 Å². The van der Waals surface area contributed by atoms with Crippen LogP contribution < -0.4 is 5.73 Å². The number of nitrogens with two attached hydrogens (primary N) is 1. The fourth-order valence-corrected chi connectivity index (χ4v) is 0.653. The van der Waals surface area contributed by atoms with Gasteiger partial charge in [-0.2, -0.15) is 0 Å². The molecule has 5 nitrogen and oxygen atoms in total. The van der Waals surface area contributed by atoms with E-state index in [1.807, 2.05) is 14.1 Å². The molecule has 0 saturated carbocycles. The van der Waals surface area contributed by atoms with Gasteiger partial charge < -0.3 is 20.5 Å². The average Bonchev–Trinajstić information content (AvgIpc) is 1.82. The van der Waals surface area contributed by atoms with Crippen molar-refractivity contribution in [2.75, 3.05) is 27.2 Å². The highest BCUT2D eigenvalue weighted by atomic mass is 16.6. The molecule has 0 aliphatic rings. The van der Waals surface area contributed by atoms with Gasteiger partial charge in [-0.25, -0.2) is 4.79 Å². The number of primary amides is 1. The van der Waals surface area contributed by atoms with E-state index in [2.05, 4.69) is 10.5 Å². The first-order valence-electron chi connectivity index (χ1n) is 3.27. The van der Waals surface area contributed by atoms with Crippen LogP contribution in [0.3, 0.4) is 0 Å². The average molecular weight is 162 g/mol. The van der Waals surface area contributed by atoms with Crippen LogP contribution in [0.2, 0.25) is 0 Å². The highest BCUT2D eigenvalue weighted by Gasteiger charge is 2.06. The quantitative estimate of drug-likeness (QED) is 0.556. The SMILES string of the molecule is CN(C)CC(O)COC(N)=O. The Morgan fingerprint density at radius 3 is 2.64 bits per heavy atom. The third-order valence-electron chi connectivity index (χ3n) is 0.994. The fraction of sp³-hybridized carbons (Fsp3) is 0.833. The lowest BCUT2D eigenvalue weighted by Crippen LogP contribution is -2.31. The lowest BCUT2D eigenvalue weighted by atomic mass is 10.4. The summed E-state index contributed by atoms with van der Waals surface area (Å²) in [7, 11) is 3.63. The Hall–Kier alpha value is -0.810. The van der Waals surface area contributed by atoms with Crippen molar-refractivity contribution in [3.63, 3.8) is 0 Å². The zero-order valence-corrected chi connectivity index (χ0v) is 6.78. The Labute approximate surface area is 65.7 Å². The van der Waals surface area contributed by atoms with Gasteiger partial charge in [-0.3, -0.25) is 0 Å². The number of hydrogen-bond donors (Lipinski definition) is 2.